The highest BCUT2D eigenvalue weighted by Gasteiger charge is 2.15. The monoisotopic (exact) mass is 482 g/mol. The molecule has 6 aromatic carbocycles. The number of fused-ring (bicyclic) bond motifs is 1. The van der Waals surface area contributed by atoms with Gasteiger partial charge in [0.1, 0.15) is 0 Å². The van der Waals surface area contributed by atoms with E-state index in [4.69, 9.17) is 0 Å². The summed E-state index contributed by atoms with van der Waals surface area (Å²) in [5.41, 5.74) is 8.07. The summed E-state index contributed by atoms with van der Waals surface area (Å²) >= 11 is 0. The maximum absolute atomic E-state index is 4.50. The van der Waals surface area contributed by atoms with Crippen molar-refractivity contribution in [3.63, 3.8) is 0 Å². The highest BCUT2D eigenvalue weighted by molar-refractivity contribution is 6.27. The third kappa shape index (κ3) is 3.21. The fourth-order valence-corrected chi connectivity index (χ4v) is 5.90. The Morgan fingerprint density at radius 2 is 1.03 bits per heavy atom. The Balaban J connectivity index is 1.33. The van der Waals surface area contributed by atoms with E-state index in [9.17, 15) is 0 Å². The Hall–Kier alpha value is -5.08. The van der Waals surface area contributed by atoms with Crippen molar-refractivity contribution in [1.29, 1.82) is 0 Å². The fraction of sp³-hybridized carbons (Fsp3) is 0. The first-order chi connectivity index (χ1) is 18.8. The van der Waals surface area contributed by atoms with Crippen LogP contribution < -0.4 is 0 Å². The van der Waals surface area contributed by atoms with E-state index in [2.05, 4.69) is 113 Å². The molecule has 0 N–H and O–H groups in total. The normalized spacial score (nSPS) is 11.7. The fourth-order valence-electron chi connectivity index (χ4n) is 5.90. The van der Waals surface area contributed by atoms with Crippen molar-refractivity contribution < 1.29 is 0 Å². The third-order valence-corrected chi connectivity index (χ3v) is 7.74. The molecule has 0 spiro atoms. The molecule has 2 nitrogen and oxygen atoms in total. The van der Waals surface area contributed by atoms with Gasteiger partial charge in [-0.25, -0.2) is 0 Å². The first-order valence-electron chi connectivity index (χ1n) is 12.9. The second kappa shape index (κ2) is 8.22. The summed E-state index contributed by atoms with van der Waals surface area (Å²) in [4.78, 5) is 9.01. The van der Waals surface area contributed by atoms with Crippen molar-refractivity contribution in [2.24, 2.45) is 0 Å². The molecule has 0 aliphatic heterocycles. The minimum atomic E-state index is 0.992. The van der Waals surface area contributed by atoms with Crippen LogP contribution in [-0.4, -0.2) is 9.97 Å². The summed E-state index contributed by atoms with van der Waals surface area (Å²) in [7, 11) is 0. The number of pyridine rings is 2. The zero-order valence-corrected chi connectivity index (χ0v) is 20.6. The van der Waals surface area contributed by atoms with Gasteiger partial charge in [0.2, 0.25) is 0 Å². The summed E-state index contributed by atoms with van der Waals surface area (Å²) in [6.45, 7) is 0. The molecule has 8 aromatic rings. The highest BCUT2D eigenvalue weighted by Crippen LogP contribution is 2.42. The number of nitrogens with zero attached hydrogens (tertiary/aromatic N) is 2. The van der Waals surface area contributed by atoms with E-state index in [1.807, 2.05) is 30.6 Å². The number of benzene rings is 6. The van der Waals surface area contributed by atoms with Gasteiger partial charge in [-0.3, -0.25) is 9.97 Å². The van der Waals surface area contributed by atoms with E-state index in [1.165, 1.54) is 54.6 Å². The van der Waals surface area contributed by atoms with Crippen molar-refractivity contribution in [3.8, 4) is 33.5 Å². The maximum atomic E-state index is 4.50. The van der Waals surface area contributed by atoms with E-state index in [1.54, 1.807) is 0 Å². The van der Waals surface area contributed by atoms with Crippen LogP contribution in [0.5, 0.6) is 0 Å². The molecule has 0 saturated heterocycles. The molecule has 0 unspecified atom stereocenters. The second-order valence-corrected chi connectivity index (χ2v) is 9.85. The predicted molar refractivity (Wildman–Crippen MR) is 160 cm³/mol. The molecule has 0 amide bonds. The van der Waals surface area contributed by atoms with Crippen LogP contribution in [0.2, 0.25) is 0 Å². The van der Waals surface area contributed by atoms with Gasteiger partial charge in [-0.2, -0.15) is 0 Å². The van der Waals surface area contributed by atoms with Crippen molar-refractivity contribution in [2.75, 3.05) is 0 Å². The molecule has 0 atom stereocenters. The van der Waals surface area contributed by atoms with Crippen LogP contribution in [-0.2, 0) is 0 Å². The van der Waals surface area contributed by atoms with Gasteiger partial charge in [-0.1, -0.05) is 91.0 Å². The van der Waals surface area contributed by atoms with Crippen molar-refractivity contribution in [3.05, 3.63) is 134 Å². The first kappa shape index (κ1) is 21.0. The zero-order valence-electron chi connectivity index (χ0n) is 20.6. The van der Waals surface area contributed by atoms with Gasteiger partial charge >= 0.3 is 0 Å². The Labute approximate surface area is 220 Å². The molecule has 38 heavy (non-hydrogen) atoms. The number of hydrogen-bond acceptors (Lipinski definition) is 2. The molecule has 2 aromatic heterocycles. The van der Waals surface area contributed by atoms with Crippen LogP contribution in [0, 0.1) is 0 Å². The molecule has 2 heteroatoms. The van der Waals surface area contributed by atoms with Crippen LogP contribution in [0.3, 0.4) is 0 Å². The summed E-state index contributed by atoms with van der Waals surface area (Å²) < 4.78 is 0. The first-order valence-corrected chi connectivity index (χ1v) is 12.9. The minimum Gasteiger partial charge on any atom is -0.256 e. The Morgan fingerprint density at radius 1 is 0.395 bits per heavy atom. The third-order valence-electron chi connectivity index (χ3n) is 7.74. The van der Waals surface area contributed by atoms with E-state index in [0.717, 1.165) is 22.2 Å². The van der Waals surface area contributed by atoms with Gasteiger partial charge in [-0.05, 0) is 84.9 Å². The van der Waals surface area contributed by atoms with Gasteiger partial charge in [0.05, 0.1) is 11.2 Å². The van der Waals surface area contributed by atoms with Crippen LogP contribution in [0.15, 0.2) is 134 Å². The molecule has 0 saturated carbocycles. The van der Waals surface area contributed by atoms with Gasteiger partial charge in [0.15, 0.2) is 0 Å². The van der Waals surface area contributed by atoms with Crippen molar-refractivity contribution in [1.82, 2.24) is 9.97 Å². The van der Waals surface area contributed by atoms with E-state index in [0.29, 0.717) is 0 Å². The standard InChI is InChI=1S/C36H22N2/c1-2-20-37-33(5-1)24-8-6-23(7-9-24)29-15-12-25-10-11-26-13-16-30(32-18-17-31(29)35(25)36(26)32)27-14-19-34-28(22-27)4-3-21-38-34/h1-22H. The lowest BCUT2D eigenvalue weighted by molar-refractivity contribution is 1.33. The maximum Gasteiger partial charge on any atom is 0.0702 e. The lowest BCUT2D eigenvalue weighted by Crippen LogP contribution is -1.90. The molecular weight excluding hydrogens is 460 g/mol. The molecular formula is C36H22N2. The van der Waals surface area contributed by atoms with Gasteiger partial charge in [-0.15, -0.1) is 0 Å². The topological polar surface area (TPSA) is 25.8 Å². The Bertz CT molecular complexity index is 2110. The van der Waals surface area contributed by atoms with Crippen LogP contribution in [0.1, 0.15) is 0 Å². The average Bonchev–Trinajstić information content (AvgIpc) is 3.00. The van der Waals surface area contributed by atoms with E-state index < -0.39 is 0 Å². The molecule has 176 valence electrons. The predicted octanol–water partition coefficient (Wildman–Crippen LogP) is 9.53. The molecule has 0 radical (unpaired) electrons. The average molecular weight is 483 g/mol. The summed E-state index contributed by atoms with van der Waals surface area (Å²) in [5.74, 6) is 0. The van der Waals surface area contributed by atoms with Crippen molar-refractivity contribution in [2.45, 2.75) is 0 Å². The number of rotatable bonds is 3. The zero-order chi connectivity index (χ0) is 25.1. The molecule has 0 aliphatic rings. The van der Waals surface area contributed by atoms with Crippen LogP contribution in [0.4, 0.5) is 0 Å². The quantitative estimate of drug-likeness (QED) is 0.234. The molecule has 2 heterocycles. The number of hydrogen-bond donors (Lipinski definition) is 0. The van der Waals surface area contributed by atoms with Crippen LogP contribution >= 0.6 is 0 Å². The molecule has 0 bridgehead atoms. The molecule has 8 rings (SSSR count). The van der Waals surface area contributed by atoms with E-state index in [-0.39, 0.29) is 0 Å². The summed E-state index contributed by atoms with van der Waals surface area (Å²) in [6, 6.07) is 43.6. The number of aromatic nitrogens is 2. The lowest BCUT2D eigenvalue weighted by atomic mass is 9.87. The highest BCUT2D eigenvalue weighted by atomic mass is 14.7. The minimum absolute atomic E-state index is 0.992. The van der Waals surface area contributed by atoms with Crippen LogP contribution in [0.25, 0.3) is 76.7 Å². The largest absolute Gasteiger partial charge is 0.256 e. The summed E-state index contributed by atoms with van der Waals surface area (Å²) in [6.07, 6.45) is 3.69. The van der Waals surface area contributed by atoms with Gasteiger partial charge in [0, 0.05) is 23.3 Å². The second-order valence-electron chi connectivity index (χ2n) is 9.85. The van der Waals surface area contributed by atoms with Gasteiger partial charge < -0.3 is 0 Å². The lowest BCUT2D eigenvalue weighted by Gasteiger charge is -2.17. The SMILES string of the molecule is c1ccc(-c2ccc(-c3ccc4ccc5ccc(-c6ccc7ncccc7c6)c6ccc3c4c56)cc2)nc1. The Morgan fingerprint density at radius 3 is 1.74 bits per heavy atom. The molecule has 0 aliphatic carbocycles. The smallest absolute Gasteiger partial charge is 0.0702 e. The molecule has 0 fully saturated rings. The Kier molecular flexibility index (Phi) is 4.55. The van der Waals surface area contributed by atoms with Gasteiger partial charge in [0.25, 0.3) is 0 Å². The van der Waals surface area contributed by atoms with Crippen molar-refractivity contribution >= 4 is 43.2 Å². The van der Waals surface area contributed by atoms with E-state index >= 15 is 0 Å². The summed E-state index contributed by atoms with van der Waals surface area (Å²) in [5, 5.41) is 8.93.